The van der Waals surface area contributed by atoms with Crippen molar-refractivity contribution in [1.82, 2.24) is 10.6 Å². The van der Waals surface area contributed by atoms with E-state index in [1.54, 1.807) is 7.05 Å². The quantitative estimate of drug-likeness (QED) is 0.0997. The van der Waals surface area contributed by atoms with Crippen molar-refractivity contribution >= 4 is 5.91 Å². The van der Waals surface area contributed by atoms with Crippen molar-refractivity contribution in [2.24, 2.45) is 28.7 Å². The Bertz CT molecular complexity index is 834. The average Bonchev–Trinajstić information content (AvgIpc) is 2.94. The number of hydrogen-bond donors (Lipinski definition) is 12. The first-order valence-electron chi connectivity index (χ1n) is 14.0. The number of nitrogens with two attached hydrogens (primary N) is 5. The zero-order valence-electron chi connectivity index (χ0n) is 23.3. The number of aliphatic hydroxyl groups excluding tert-OH is 4. The van der Waals surface area contributed by atoms with Crippen molar-refractivity contribution in [2.75, 3.05) is 33.3 Å². The molecule has 1 aliphatic carbocycles. The van der Waals surface area contributed by atoms with Gasteiger partial charge in [-0.2, -0.15) is 0 Å². The number of rotatable bonds is 12. The lowest BCUT2D eigenvalue weighted by molar-refractivity contribution is -0.332. The molecule has 17 N–H and O–H groups in total. The summed E-state index contributed by atoms with van der Waals surface area (Å²) in [6, 6.07) is -3.74. The van der Waals surface area contributed by atoms with E-state index in [0.29, 0.717) is 12.8 Å². The molecule has 0 spiro atoms. The Morgan fingerprint density at radius 2 is 1.73 bits per heavy atom. The molecule has 17 nitrogen and oxygen atoms in total. The zero-order valence-corrected chi connectivity index (χ0v) is 23.3. The molecule has 3 aliphatic rings. The number of amides is 1. The van der Waals surface area contributed by atoms with Crippen LogP contribution >= 0.6 is 0 Å². The highest BCUT2D eigenvalue weighted by Gasteiger charge is 2.59. The van der Waals surface area contributed by atoms with Crippen molar-refractivity contribution in [2.45, 2.75) is 111 Å². The van der Waals surface area contributed by atoms with E-state index in [-0.39, 0.29) is 38.6 Å². The molecule has 240 valence electrons. The number of carbonyl (C=O) groups excluding carboxylic acids is 1. The summed E-state index contributed by atoms with van der Waals surface area (Å²) in [7, 11) is 1.57. The summed E-state index contributed by atoms with van der Waals surface area (Å²) in [5.74, 6) is -0.777. The van der Waals surface area contributed by atoms with Gasteiger partial charge < -0.3 is 83.8 Å². The topological polar surface area (TPSA) is 309 Å². The monoisotopic (exact) mass is 595 g/mol. The van der Waals surface area contributed by atoms with Crippen LogP contribution in [0.4, 0.5) is 0 Å². The van der Waals surface area contributed by atoms with Gasteiger partial charge in [-0.25, -0.2) is 0 Å². The van der Waals surface area contributed by atoms with Crippen LogP contribution in [0.15, 0.2) is 0 Å². The second-order valence-corrected chi connectivity index (χ2v) is 11.1. The van der Waals surface area contributed by atoms with E-state index in [2.05, 4.69) is 10.6 Å². The maximum Gasteiger partial charge on any atom is 0.249 e. The lowest BCUT2D eigenvalue weighted by atomic mass is 9.73. The second kappa shape index (κ2) is 15.0. The van der Waals surface area contributed by atoms with Crippen molar-refractivity contribution in [1.29, 1.82) is 0 Å². The van der Waals surface area contributed by atoms with E-state index in [1.807, 2.05) is 0 Å². The highest BCUT2D eigenvalue weighted by atomic mass is 16.7. The highest BCUT2D eigenvalue weighted by molar-refractivity contribution is 5.80. The summed E-state index contributed by atoms with van der Waals surface area (Å²) in [6.07, 6.45) is -9.84. The molecule has 3 rings (SSSR count). The van der Waals surface area contributed by atoms with Gasteiger partial charge in [0, 0.05) is 19.1 Å². The van der Waals surface area contributed by atoms with Crippen LogP contribution in [0.1, 0.15) is 25.7 Å². The molecule has 0 radical (unpaired) electrons. The molecule has 14 atom stereocenters. The predicted molar refractivity (Wildman–Crippen MR) is 143 cm³/mol. The van der Waals surface area contributed by atoms with Gasteiger partial charge >= 0.3 is 0 Å². The Balaban J connectivity index is 1.97. The smallest absolute Gasteiger partial charge is 0.249 e. The molecular formula is C24H49N7O10. The predicted octanol–water partition coefficient (Wildman–Crippen LogP) is -6.81. The lowest BCUT2D eigenvalue weighted by Crippen LogP contribution is -2.76. The molecule has 41 heavy (non-hydrogen) atoms. The van der Waals surface area contributed by atoms with Gasteiger partial charge in [0.05, 0.1) is 30.8 Å². The van der Waals surface area contributed by atoms with Crippen molar-refractivity contribution in [3.8, 4) is 0 Å². The minimum Gasteiger partial charge on any atom is -0.394 e. The van der Waals surface area contributed by atoms with E-state index in [0.717, 1.165) is 0 Å². The summed E-state index contributed by atoms with van der Waals surface area (Å²) in [5, 5.41) is 58.8. The highest BCUT2D eigenvalue weighted by Crippen LogP contribution is 2.37. The summed E-state index contributed by atoms with van der Waals surface area (Å²) in [5.41, 5.74) is 28.0. The molecule has 6 unspecified atom stereocenters. The Labute approximate surface area is 239 Å². The van der Waals surface area contributed by atoms with Gasteiger partial charge in [-0.1, -0.05) is 0 Å². The molecule has 2 heterocycles. The molecule has 0 aromatic heterocycles. The number of hydrogen-bond acceptors (Lipinski definition) is 16. The van der Waals surface area contributed by atoms with E-state index in [1.165, 1.54) is 0 Å². The van der Waals surface area contributed by atoms with Gasteiger partial charge in [0.15, 0.2) is 12.6 Å². The fraction of sp³-hybridized carbons (Fsp3) is 0.958. The van der Waals surface area contributed by atoms with Gasteiger partial charge in [-0.3, -0.25) is 4.79 Å². The van der Waals surface area contributed by atoms with Crippen LogP contribution in [0.3, 0.4) is 0 Å². The first-order valence-corrected chi connectivity index (χ1v) is 14.0. The third-order valence-electron chi connectivity index (χ3n) is 8.06. The lowest BCUT2D eigenvalue weighted by Gasteiger charge is -2.54. The Morgan fingerprint density at radius 3 is 2.34 bits per heavy atom. The van der Waals surface area contributed by atoms with Crippen molar-refractivity contribution < 1.29 is 49.3 Å². The zero-order chi connectivity index (χ0) is 30.5. The molecule has 2 saturated heterocycles. The van der Waals surface area contributed by atoms with Crippen LogP contribution in [0.25, 0.3) is 0 Å². The summed E-state index contributed by atoms with van der Waals surface area (Å²) in [6.45, 7) is -0.524. The van der Waals surface area contributed by atoms with E-state index >= 15 is 0 Å². The number of ether oxygens (including phenoxy) is 4. The van der Waals surface area contributed by atoms with Crippen LogP contribution in [0.5, 0.6) is 0 Å². The van der Waals surface area contributed by atoms with Gasteiger partial charge in [-0.05, 0) is 39.3 Å². The number of nitrogens with one attached hydrogen (secondary N) is 2. The normalized spacial score (nSPS) is 44.4. The molecule has 0 bridgehead atoms. The molecule has 3 fully saturated rings. The number of carbonyl (C=O) groups is 1. The Hall–Kier alpha value is -1.13. The van der Waals surface area contributed by atoms with E-state index < -0.39 is 91.5 Å². The summed E-state index contributed by atoms with van der Waals surface area (Å²) in [4.78, 5) is 12.8. The van der Waals surface area contributed by atoms with Crippen LogP contribution in [0.2, 0.25) is 0 Å². The largest absolute Gasteiger partial charge is 0.394 e. The standard InChI is InChI=1S/C24H49N7O10/c1-30-9-24(37)19(40-22-11(27)3-2-10(7-26)38-22)12(28)6-13(31-21(36)14(33)4-5-25)20(24)41-23-18(35)16(29)17(34)15(8-32)39-23/h10-20,22-23,30,32-35,37H,2-9,25-29H2,1H3,(H,31,36)/t10?,11?,12-,13+,14-,15?,16-,17-,18?,19?,20+,22-,23-,24?/m0/s1. The third kappa shape index (κ3) is 7.69. The van der Waals surface area contributed by atoms with Gasteiger partial charge in [0.2, 0.25) is 5.91 Å². The van der Waals surface area contributed by atoms with Crippen LogP contribution in [-0.4, -0.2) is 150 Å². The van der Waals surface area contributed by atoms with Crippen molar-refractivity contribution in [3.05, 3.63) is 0 Å². The molecule has 2 aliphatic heterocycles. The Morgan fingerprint density at radius 1 is 1.05 bits per heavy atom. The molecule has 1 saturated carbocycles. The fourth-order valence-electron chi connectivity index (χ4n) is 5.74. The van der Waals surface area contributed by atoms with Gasteiger partial charge in [0.1, 0.15) is 42.2 Å². The van der Waals surface area contributed by atoms with Gasteiger partial charge in [0.25, 0.3) is 0 Å². The van der Waals surface area contributed by atoms with E-state index in [4.69, 9.17) is 47.6 Å². The molecule has 0 aromatic carbocycles. The van der Waals surface area contributed by atoms with Crippen LogP contribution < -0.4 is 39.3 Å². The molecule has 1 amide bonds. The van der Waals surface area contributed by atoms with Crippen molar-refractivity contribution in [3.63, 3.8) is 0 Å². The maximum absolute atomic E-state index is 12.8. The SMILES string of the molecule is CNCC1(O)C(O[C@@H]2OC(CN)CCC2N)[C@@H](N)C[C@@H](NC(=O)[C@@H](O)CCN)[C@H]1O[C@@H]1OC(CO)[C@H](O)[C@H](N)C1O. The molecular weight excluding hydrogens is 546 g/mol. The first kappa shape index (κ1) is 34.4. The maximum atomic E-state index is 12.8. The Kier molecular flexibility index (Phi) is 12.6. The number of aliphatic hydroxyl groups is 5. The fourth-order valence-corrected chi connectivity index (χ4v) is 5.74. The summed E-state index contributed by atoms with van der Waals surface area (Å²) < 4.78 is 23.9. The molecule has 0 aromatic rings. The van der Waals surface area contributed by atoms with Gasteiger partial charge in [-0.15, -0.1) is 0 Å². The minimum absolute atomic E-state index is 0.00829. The summed E-state index contributed by atoms with van der Waals surface area (Å²) >= 11 is 0. The van der Waals surface area contributed by atoms with Crippen LogP contribution in [0, 0.1) is 0 Å². The third-order valence-corrected chi connectivity index (χ3v) is 8.06. The first-order chi connectivity index (χ1) is 19.4. The molecule has 17 heteroatoms. The minimum atomic E-state index is -2.01. The number of likely N-dealkylation sites (N-methyl/N-ethyl adjacent to an activating group) is 1. The average molecular weight is 596 g/mol. The van der Waals surface area contributed by atoms with Crippen LogP contribution in [-0.2, 0) is 23.7 Å². The van der Waals surface area contributed by atoms with E-state index in [9.17, 15) is 30.3 Å². The second-order valence-electron chi connectivity index (χ2n) is 11.1.